The predicted octanol–water partition coefficient (Wildman–Crippen LogP) is 8.35. The molecule has 0 rings (SSSR count). The van der Waals surface area contributed by atoms with E-state index in [1.807, 2.05) is 0 Å². The Kier molecular flexibility index (Phi) is 26.3. The van der Waals surface area contributed by atoms with Crippen LogP contribution in [0.1, 0.15) is 136 Å². The summed E-state index contributed by atoms with van der Waals surface area (Å²) in [5.41, 5.74) is 0. The van der Waals surface area contributed by atoms with Gasteiger partial charge in [0.15, 0.2) is 6.29 Å². The summed E-state index contributed by atoms with van der Waals surface area (Å²) in [7, 11) is 0. The summed E-state index contributed by atoms with van der Waals surface area (Å²) < 4.78 is 12.1. The maximum atomic E-state index is 8.73. The van der Waals surface area contributed by atoms with Gasteiger partial charge in [-0.25, -0.2) is 0 Å². The van der Waals surface area contributed by atoms with Crippen molar-refractivity contribution in [2.45, 2.75) is 142 Å². The number of hydrogen-bond acceptors (Lipinski definition) is 3. The number of unbranched alkanes of at least 4 members (excludes halogenated alkanes) is 14. The van der Waals surface area contributed by atoms with Crippen molar-refractivity contribution in [3.63, 3.8) is 0 Å². The van der Waals surface area contributed by atoms with Gasteiger partial charge in [-0.05, 0) is 44.9 Å². The van der Waals surface area contributed by atoms with Crippen LogP contribution < -0.4 is 0 Å². The highest BCUT2D eigenvalue weighted by Crippen LogP contribution is 2.14. The van der Waals surface area contributed by atoms with Crippen LogP contribution in [-0.2, 0) is 9.47 Å². The van der Waals surface area contributed by atoms with E-state index in [0.29, 0.717) is 0 Å². The summed E-state index contributed by atoms with van der Waals surface area (Å²) >= 11 is 0. The van der Waals surface area contributed by atoms with Crippen LogP contribution in [0.5, 0.6) is 0 Å². The van der Waals surface area contributed by atoms with Crippen LogP contribution in [0.4, 0.5) is 0 Å². The van der Waals surface area contributed by atoms with E-state index in [4.69, 9.17) is 14.6 Å². The second-order valence-electron chi connectivity index (χ2n) is 8.68. The first-order valence-electron chi connectivity index (χ1n) is 13.3. The lowest BCUT2D eigenvalue weighted by atomic mass is 10.1. The molecule has 3 heteroatoms. The van der Waals surface area contributed by atoms with Crippen molar-refractivity contribution in [3.8, 4) is 0 Å². The van der Waals surface area contributed by atoms with E-state index < -0.39 is 0 Å². The van der Waals surface area contributed by atoms with Gasteiger partial charge >= 0.3 is 0 Å². The van der Waals surface area contributed by atoms with Crippen LogP contribution in [0.3, 0.4) is 0 Å². The Balaban J connectivity index is 3.65. The maximum absolute atomic E-state index is 8.73. The Labute approximate surface area is 189 Å². The molecule has 0 aliphatic heterocycles. The summed E-state index contributed by atoms with van der Waals surface area (Å²) in [5, 5.41) is 8.73. The van der Waals surface area contributed by atoms with E-state index in [0.717, 1.165) is 32.5 Å². The highest BCUT2D eigenvalue weighted by Gasteiger charge is 2.09. The minimum absolute atomic E-state index is 0.0205. The first-order valence-corrected chi connectivity index (χ1v) is 13.3. The summed E-state index contributed by atoms with van der Waals surface area (Å²) in [6, 6.07) is 0. The van der Waals surface area contributed by atoms with Crippen LogP contribution >= 0.6 is 0 Å². The molecule has 0 unspecified atom stereocenters. The van der Waals surface area contributed by atoms with Gasteiger partial charge in [0.25, 0.3) is 0 Å². The zero-order chi connectivity index (χ0) is 22.0. The fourth-order valence-electron chi connectivity index (χ4n) is 3.65. The van der Waals surface area contributed by atoms with E-state index in [1.165, 1.54) is 103 Å². The van der Waals surface area contributed by atoms with E-state index in [9.17, 15) is 0 Å². The number of hydrogen-bond donors (Lipinski definition) is 1. The number of aliphatic hydroxyl groups excluding tert-OH is 1. The molecular formula is C27H54O3. The van der Waals surface area contributed by atoms with Gasteiger partial charge in [0.05, 0.1) is 0 Å². The molecule has 0 bridgehead atoms. The third kappa shape index (κ3) is 23.9. The standard InChI is InChI=1S/C27H54O3/c1-3-5-7-21-25-29-27(30-26-22-8-6-4-2)23-19-17-15-13-11-9-10-12-14-16-18-20-24-28/h16,18,27-28H,3-15,17,19-26H2,1-2H3/b18-16-. The third-order valence-electron chi connectivity index (χ3n) is 5.63. The topological polar surface area (TPSA) is 38.7 Å². The van der Waals surface area contributed by atoms with Gasteiger partial charge in [0.2, 0.25) is 0 Å². The number of allylic oxidation sites excluding steroid dienone is 1. The van der Waals surface area contributed by atoms with E-state index in [-0.39, 0.29) is 12.9 Å². The molecule has 30 heavy (non-hydrogen) atoms. The van der Waals surface area contributed by atoms with Gasteiger partial charge in [-0.3, -0.25) is 0 Å². The van der Waals surface area contributed by atoms with Crippen molar-refractivity contribution in [2.75, 3.05) is 19.8 Å². The second-order valence-corrected chi connectivity index (χ2v) is 8.68. The Bertz CT molecular complexity index is 316. The zero-order valence-corrected chi connectivity index (χ0v) is 20.6. The fraction of sp³-hybridized carbons (Fsp3) is 0.926. The van der Waals surface area contributed by atoms with Gasteiger partial charge in [-0.15, -0.1) is 0 Å². The van der Waals surface area contributed by atoms with Crippen LogP contribution in [0.15, 0.2) is 12.2 Å². The molecule has 0 radical (unpaired) electrons. The zero-order valence-electron chi connectivity index (χ0n) is 20.6. The third-order valence-corrected chi connectivity index (χ3v) is 5.63. The monoisotopic (exact) mass is 426 g/mol. The molecule has 0 saturated carbocycles. The van der Waals surface area contributed by atoms with Crippen LogP contribution in [0.25, 0.3) is 0 Å². The minimum Gasteiger partial charge on any atom is -0.396 e. The quantitative estimate of drug-likeness (QED) is 0.0905. The van der Waals surface area contributed by atoms with Crippen molar-refractivity contribution in [3.05, 3.63) is 12.2 Å². The van der Waals surface area contributed by atoms with E-state index in [1.54, 1.807) is 0 Å². The Morgan fingerprint density at radius 1 is 0.567 bits per heavy atom. The molecule has 180 valence electrons. The lowest BCUT2D eigenvalue weighted by Crippen LogP contribution is -2.19. The van der Waals surface area contributed by atoms with E-state index in [2.05, 4.69) is 26.0 Å². The Morgan fingerprint density at radius 2 is 1.03 bits per heavy atom. The lowest BCUT2D eigenvalue weighted by molar-refractivity contribution is -0.148. The molecule has 0 aliphatic rings. The van der Waals surface area contributed by atoms with Crippen LogP contribution in [0.2, 0.25) is 0 Å². The first kappa shape index (κ1) is 29.6. The van der Waals surface area contributed by atoms with Crippen LogP contribution in [-0.4, -0.2) is 31.2 Å². The molecule has 0 amide bonds. The van der Waals surface area contributed by atoms with Crippen molar-refractivity contribution in [2.24, 2.45) is 0 Å². The average molecular weight is 427 g/mol. The van der Waals surface area contributed by atoms with Crippen molar-refractivity contribution >= 4 is 0 Å². The summed E-state index contributed by atoms with van der Waals surface area (Å²) in [4.78, 5) is 0. The molecule has 0 saturated heterocycles. The van der Waals surface area contributed by atoms with Gasteiger partial charge in [0, 0.05) is 19.8 Å². The van der Waals surface area contributed by atoms with Crippen LogP contribution in [0, 0.1) is 0 Å². The molecule has 0 spiro atoms. The largest absolute Gasteiger partial charge is 0.396 e. The molecule has 0 heterocycles. The Hall–Kier alpha value is -0.380. The number of ether oxygens (including phenoxy) is 2. The minimum atomic E-state index is 0.0205. The van der Waals surface area contributed by atoms with Gasteiger partial charge < -0.3 is 14.6 Å². The van der Waals surface area contributed by atoms with Crippen molar-refractivity contribution in [1.82, 2.24) is 0 Å². The van der Waals surface area contributed by atoms with Gasteiger partial charge in [0.1, 0.15) is 0 Å². The highest BCUT2D eigenvalue weighted by atomic mass is 16.7. The second kappa shape index (κ2) is 26.7. The summed E-state index contributed by atoms with van der Waals surface area (Å²) in [5.74, 6) is 0. The normalized spacial score (nSPS) is 11.9. The molecule has 0 aromatic rings. The molecule has 1 N–H and O–H groups in total. The molecule has 0 aromatic carbocycles. The van der Waals surface area contributed by atoms with Gasteiger partial charge in [-0.2, -0.15) is 0 Å². The van der Waals surface area contributed by atoms with Crippen molar-refractivity contribution < 1.29 is 14.6 Å². The smallest absolute Gasteiger partial charge is 0.157 e. The molecule has 0 fully saturated rings. The molecule has 3 nitrogen and oxygen atoms in total. The molecular weight excluding hydrogens is 372 g/mol. The van der Waals surface area contributed by atoms with E-state index >= 15 is 0 Å². The fourth-order valence-corrected chi connectivity index (χ4v) is 3.65. The average Bonchev–Trinajstić information content (AvgIpc) is 2.76. The molecule has 0 aromatic heterocycles. The molecule has 0 aliphatic carbocycles. The summed E-state index contributed by atoms with van der Waals surface area (Å²) in [6.07, 6.45) is 28.0. The first-order chi connectivity index (χ1) is 14.8. The SMILES string of the molecule is CCCCCCOC(CCCCCCCCCC/C=C\CCO)OCCCCCC. The van der Waals surface area contributed by atoms with Gasteiger partial charge in [-0.1, -0.05) is 103 Å². The highest BCUT2D eigenvalue weighted by molar-refractivity contribution is 4.80. The predicted molar refractivity (Wildman–Crippen MR) is 131 cm³/mol. The number of rotatable bonds is 25. The Morgan fingerprint density at radius 3 is 1.57 bits per heavy atom. The number of aliphatic hydroxyl groups is 1. The lowest BCUT2D eigenvalue weighted by Gasteiger charge is -2.19. The summed E-state index contributed by atoms with van der Waals surface area (Å²) in [6.45, 7) is 6.49. The molecule has 0 atom stereocenters. The maximum Gasteiger partial charge on any atom is 0.157 e. The van der Waals surface area contributed by atoms with Crippen molar-refractivity contribution in [1.29, 1.82) is 0 Å².